The zero-order valence-electron chi connectivity index (χ0n) is 15.4. The van der Waals surface area contributed by atoms with Crippen molar-refractivity contribution >= 4 is 22.7 Å². The van der Waals surface area contributed by atoms with E-state index in [1.807, 2.05) is 0 Å². The fourth-order valence-corrected chi connectivity index (χ4v) is 3.09. The molecular formula is C20H15F3N4O3. The topological polar surface area (TPSA) is 82.1 Å². The number of fused-ring (bicyclic) bond motifs is 1. The number of aryl methyl sites for hydroxylation is 1. The van der Waals surface area contributed by atoms with Crippen molar-refractivity contribution in [1.82, 2.24) is 14.3 Å². The van der Waals surface area contributed by atoms with E-state index in [0.717, 1.165) is 6.07 Å². The van der Waals surface area contributed by atoms with E-state index in [1.54, 1.807) is 30.3 Å². The highest BCUT2D eigenvalue weighted by Gasteiger charge is 2.34. The second-order valence-electron chi connectivity index (χ2n) is 6.46. The Morgan fingerprint density at radius 3 is 2.67 bits per heavy atom. The molecule has 10 heteroatoms. The van der Waals surface area contributed by atoms with Crippen molar-refractivity contribution in [3.8, 4) is 5.69 Å². The molecule has 2 aromatic heterocycles. The standard InChI is InChI=1S/C20H15F3N4O3/c21-20(22,23)14-12-13(27-10-3-9-24-27)6-7-15(14)25-18(28)8-11-26-16-4-1-2-5-17(16)30-19(26)29/h1-7,9-10,12H,8,11H2,(H,25,28). The second-order valence-corrected chi connectivity index (χ2v) is 6.46. The zero-order valence-corrected chi connectivity index (χ0v) is 15.4. The lowest BCUT2D eigenvalue weighted by Gasteiger charge is -2.15. The van der Waals surface area contributed by atoms with E-state index in [-0.39, 0.29) is 24.3 Å². The van der Waals surface area contributed by atoms with Gasteiger partial charge in [0.1, 0.15) is 0 Å². The van der Waals surface area contributed by atoms with Crippen molar-refractivity contribution in [2.45, 2.75) is 19.1 Å². The Labute approximate surface area is 167 Å². The Bertz CT molecular complexity index is 1260. The first-order chi connectivity index (χ1) is 14.3. The molecule has 154 valence electrons. The summed E-state index contributed by atoms with van der Waals surface area (Å²) in [5.74, 6) is -1.30. The molecule has 4 aromatic rings. The van der Waals surface area contributed by atoms with Gasteiger partial charge in [0.15, 0.2) is 5.58 Å². The molecule has 7 nitrogen and oxygen atoms in total. The van der Waals surface area contributed by atoms with Gasteiger partial charge < -0.3 is 9.73 Å². The van der Waals surface area contributed by atoms with Gasteiger partial charge in [0, 0.05) is 25.4 Å². The Balaban J connectivity index is 1.54. The zero-order chi connectivity index (χ0) is 21.3. The van der Waals surface area contributed by atoms with Crippen LogP contribution in [0.15, 0.2) is 70.1 Å². The van der Waals surface area contributed by atoms with Gasteiger partial charge in [0.2, 0.25) is 5.91 Å². The summed E-state index contributed by atoms with van der Waals surface area (Å²) in [7, 11) is 0. The number of halogens is 3. The Hall–Kier alpha value is -3.82. The molecule has 0 fully saturated rings. The van der Waals surface area contributed by atoms with Gasteiger partial charge >= 0.3 is 11.9 Å². The largest absolute Gasteiger partial charge is 0.419 e. The van der Waals surface area contributed by atoms with Crippen molar-refractivity contribution in [2.24, 2.45) is 0 Å². The van der Waals surface area contributed by atoms with Crippen LogP contribution >= 0.6 is 0 Å². The molecule has 1 amide bonds. The maximum absolute atomic E-state index is 13.5. The number of benzene rings is 2. The Kier molecular flexibility index (Phi) is 4.90. The summed E-state index contributed by atoms with van der Waals surface area (Å²) in [5, 5.41) is 6.20. The molecule has 0 spiro atoms. The third-order valence-electron chi connectivity index (χ3n) is 4.49. The van der Waals surface area contributed by atoms with Gasteiger partial charge in [-0.15, -0.1) is 0 Å². The number of para-hydroxylation sites is 2. The molecule has 0 saturated carbocycles. The van der Waals surface area contributed by atoms with E-state index in [9.17, 15) is 22.8 Å². The second kappa shape index (κ2) is 7.54. The van der Waals surface area contributed by atoms with Crippen molar-refractivity contribution in [1.29, 1.82) is 0 Å². The van der Waals surface area contributed by atoms with Crippen molar-refractivity contribution in [3.05, 3.63) is 77.0 Å². The van der Waals surface area contributed by atoms with Gasteiger partial charge in [-0.25, -0.2) is 9.48 Å². The average Bonchev–Trinajstić information content (AvgIpc) is 3.33. The summed E-state index contributed by atoms with van der Waals surface area (Å²) in [6, 6.07) is 11.8. The number of hydrogen-bond donors (Lipinski definition) is 1. The van der Waals surface area contributed by atoms with Gasteiger partial charge in [0.05, 0.1) is 22.5 Å². The molecule has 1 N–H and O–H groups in total. The van der Waals surface area contributed by atoms with Crippen LogP contribution in [0, 0.1) is 0 Å². The summed E-state index contributed by atoms with van der Waals surface area (Å²) in [6.45, 7) is -0.0333. The summed E-state index contributed by atoms with van der Waals surface area (Å²) < 4.78 is 48.2. The molecule has 0 bridgehead atoms. The van der Waals surface area contributed by atoms with Crippen LogP contribution in [-0.4, -0.2) is 20.3 Å². The van der Waals surface area contributed by atoms with Gasteiger partial charge in [-0.2, -0.15) is 18.3 Å². The number of aromatic nitrogens is 3. The maximum atomic E-state index is 13.5. The predicted molar refractivity (Wildman–Crippen MR) is 102 cm³/mol. The molecular weight excluding hydrogens is 401 g/mol. The number of nitrogens with zero attached hydrogens (tertiary/aromatic N) is 3. The van der Waals surface area contributed by atoms with Crippen LogP contribution in [0.1, 0.15) is 12.0 Å². The van der Waals surface area contributed by atoms with E-state index in [2.05, 4.69) is 10.4 Å². The number of hydrogen-bond acceptors (Lipinski definition) is 4. The number of alkyl halides is 3. The van der Waals surface area contributed by atoms with Crippen LogP contribution in [0.3, 0.4) is 0 Å². The molecule has 2 aromatic carbocycles. The van der Waals surface area contributed by atoms with Crippen molar-refractivity contribution < 1.29 is 22.4 Å². The number of carbonyl (C=O) groups excluding carboxylic acids is 1. The number of amides is 1. The third-order valence-corrected chi connectivity index (χ3v) is 4.49. The summed E-state index contributed by atoms with van der Waals surface area (Å²) in [4.78, 5) is 24.3. The Morgan fingerprint density at radius 2 is 1.93 bits per heavy atom. The Morgan fingerprint density at radius 1 is 1.13 bits per heavy atom. The maximum Gasteiger partial charge on any atom is 0.419 e. The lowest BCUT2D eigenvalue weighted by molar-refractivity contribution is -0.137. The number of rotatable bonds is 5. The summed E-state index contributed by atoms with van der Waals surface area (Å²) >= 11 is 0. The molecule has 0 atom stereocenters. The molecule has 0 radical (unpaired) electrons. The van der Waals surface area contributed by atoms with Crippen LogP contribution in [0.5, 0.6) is 0 Å². The molecule has 0 aliphatic rings. The van der Waals surface area contributed by atoms with Crippen LogP contribution in [-0.2, 0) is 17.5 Å². The highest BCUT2D eigenvalue weighted by atomic mass is 19.4. The van der Waals surface area contributed by atoms with Crippen LogP contribution < -0.4 is 11.1 Å². The lowest BCUT2D eigenvalue weighted by atomic mass is 10.1. The van der Waals surface area contributed by atoms with Crippen LogP contribution in [0.2, 0.25) is 0 Å². The minimum atomic E-state index is -4.68. The normalized spacial score (nSPS) is 11.7. The minimum Gasteiger partial charge on any atom is -0.408 e. The SMILES string of the molecule is O=C(CCn1c(=O)oc2ccccc21)Nc1ccc(-n2cccn2)cc1C(F)(F)F. The van der Waals surface area contributed by atoms with E-state index in [0.29, 0.717) is 11.1 Å². The first-order valence-electron chi connectivity index (χ1n) is 8.92. The van der Waals surface area contributed by atoms with Crippen LogP contribution in [0.25, 0.3) is 16.8 Å². The highest BCUT2D eigenvalue weighted by Crippen LogP contribution is 2.36. The van der Waals surface area contributed by atoms with Crippen molar-refractivity contribution in [3.63, 3.8) is 0 Å². The van der Waals surface area contributed by atoms with Gasteiger partial charge in [-0.1, -0.05) is 12.1 Å². The molecule has 30 heavy (non-hydrogen) atoms. The lowest BCUT2D eigenvalue weighted by Crippen LogP contribution is -2.21. The summed E-state index contributed by atoms with van der Waals surface area (Å²) in [6.07, 6.45) is -1.92. The van der Waals surface area contributed by atoms with E-state index in [1.165, 1.54) is 33.8 Å². The smallest absolute Gasteiger partial charge is 0.408 e. The van der Waals surface area contributed by atoms with Gasteiger partial charge in [-0.3, -0.25) is 9.36 Å². The van der Waals surface area contributed by atoms with Crippen LogP contribution in [0.4, 0.5) is 18.9 Å². The predicted octanol–water partition coefficient (Wildman–Crippen LogP) is 3.83. The molecule has 2 heterocycles. The first-order valence-corrected chi connectivity index (χ1v) is 8.92. The summed E-state index contributed by atoms with van der Waals surface area (Å²) in [5.41, 5.74) is -0.268. The molecule has 0 unspecified atom stereocenters. The van der Waals surface area contributed by atoms with Gasteiger partial charge in [0.25, 0.3) is 0 Å². The fraction of sp³-hybridized carbons (Fsp3) is 0.150. The average molecular weight is 416 g/mol. The number of nitrogens with one attached hydrogen (secondary N) is 1. The highest BCUT2D eigenvalue weighted by molar-refractivity contribution is 5.91. The fourth-order valence-electron chi connectivity index (χ4n) is 3.09. The first kappa shape index (κ1) is 19.5. The van der Waals surface area contributed by atoms with E-state index in [4.69, 9.17) is 4.42 Å². The quantitative estimate of drug-likeness (QED) is 0.536. The number of oxazole rings is 1. The monoisotopic (exact) mass is 416 g/mol. The molecule has 4 rings (SSSR count). The van der Waals surface area contributed by atoms with E-state index >= 15 is 0 Å². The van der Waals surface area contributed by atoms with Crippen molar-refractivity contribution in [2.75, 3.05) is 5.32 Å². The molecule has 0 saturated heterocycles. The molecule has 0 aliphatic carbocycles. The van der Waals surface area contributed by atoms with E-state index < -0.39 is 23.4 Å². The number of carbonyl (C=O) groups is 1. The minimum absolute atomic E-state index is 0.0333. The van der Waals surface area contributed by atoms with Gasteiger partial charge in [-0.05, 0) is 36.4 Å². The number of anilines is 1. The third kappa shape index (κ3) is 3.84. The molecule has 0 aliphatic heterocycles.